The Morgan fingerprint density at radius 2 is 1.22 bits per heavy atom. The number of esters is 2. The Morgan fingerprint density at radius 3 is 1.66 bits per heavy atom. The lowest BCUT2D eigenvalue weighted by Crippen LogP contribution is -2.08. The molecule has 0 heterocycles. The molecule has 0 aliphatic carbocycles. The minimum Gasteiger partial charge on any atom is -0.427 e. The Morgan fingerprint density at radius 1 is 0.781 bits per heavy atom. The van der Waals surface area contributed by atoms with Crippen molar-refractivity contribution < 1.29 is 34.2 Å². The van der Waals surface area contributed by atoms with Gasteiger partial charge in [0.1, 0.15) is 11.5 Å². The SMILES string of the molecule is O=C(CCCCCCCCC(=O)Oc1ccc([N+](=O)[O-])cc1)Oc1ccc(NOO)cc1. The number of ether oxygens (including phenoxy) is 2. The molecule has 0 bridgehead atoms. The van der Waals surface area contributed by atoms with E-state index in [0.29, 0.717) is 30.0 Å². The van der Waals surface area contributed by atoms with Crippen molar-refractivity contribution in [2.45, 2.75) is 51.4 Å². The van der Waals surface area contributed by atoms with Gasteiger partial charge in [-0.05, 0) is 49.2 Å². The van der Waals surface area contributed by atoms with Gasteiger partial charge in [0.15, 0.2) is 0 Å². The quantitative estimate of drug-likeness (QED) is 0.102. The smallest absolute Gasteiger partial charge is 0.311 e. The van der Waals surface area contributed by atoms with Crippen LogP contribution < -0.4 is 15.0 Å². The summed E-state index contributed by atoms with van der Waals surface area (Å²) in [6.07, 6.45) is 5.67. The van der Waals surface area contributed by atoms with Gasteiger partial charge in [0.25, 0.3) is 5.69 Å². The molecule has 32 heavy (non-hydrogen) atoms. The lowest BCUT2D eigenvalue weighted by molar-refractivity contribution is -0.384. The van der Waals surface area contributed by atoms with E-state index in [1.807, 2.05) is 0 Å². The van der Waals surface area contributed by atoms with Crippen LogP contribution in [0.2, 0.25) is 0 Å². The summed E-state index contributed by atoms with van der Waals surface area (Å²) < 4.78 is 10.4. The number of nitro groups is 1. The number of unbranched alkanes of at least 4 members (excludes halogenated alkanes) is 5. The molecule has 0 saturated heterocycles. The first kappa shape index (κ1) is 24.8. The molecule has 0 radical (unpaired) electrons. The van der Waals surface area contributed by atoms with Gasteiger partial charge in [-0.25, -0.2) is 10.7 Å². The van der Waals surface area contributed by atoms with E-state index >= 15 is 0 Å². The molecule has 0 fully saturated rings. The number of nitrogens with one attached hydrogen (secondary N) is 1. The van der Waals surface area contributed by atoms with Gasteiger partial charge in [0.05, 0.1) is 10.6 Å². The molecule has 10 nitrogen and oxygen atoms in total. The summed E-state index contributed by atoms with van der Waals surface area (Å²) in [6.45, 7) is 0. The first-order chi connectivity index (χ1) is 15.5. The third-order valence-electron chi connectivity index (χ3n) is 4.54. The Balaban J connectivity index is 1.48. The van der Waals surface area contributed by atoms with E-state index in [2.05, 4.69) is 10.5 Å². The van der Waals surface area contributed by atoms with E-state index in [0.717, 1.165) is 32.1 Å². The lowest BCUT2D eigenvalue weighted by Gasteiger charge is -2.06. The van der Waals surface area contributed by atoms with Gasteiger partial charge in [-0.1, -0.05) is 25.7 Å². The van der Waals surface area contributed by atoms with E-state index in [-0.39, 0.29) is 24.0 Å². The fourth-order valence-electron chi connectivity index (χ4n) is 2.89. The molecular weight excluding hydrogens is 420 g/mol. The number of anilines is 1. The lowest BCUT2D eigenvalue weighted by atomic mass is 10.1. The Hall–Kier alpha value is -3.50. The van der Waals surface area contributed by atoms with Crippen molar-refractivity contribution in [3.8, 4) is 11.5 Å². The summed E-state index contributed by atoms with van der Waals surface area (Å²) in [7, 11) is 0. The number of carbonyl (C=O) groups is 2. The number of hydrogen-bond acceptors (Lipinski definition) is 9. The first-order valence-corrected chi connectivity index (χ1v) is 10.3. The van der Waals surface area contributed by atoms with Crippen molar-refractivity contribution in [3.05, 3.63) is 58.6 Å². The highest BCUT2D eigenvalue weighted by Gasteiger charge is 2.08. The van der Waals surface area contributed by atoms with Crippen LogP contribution in [-0.4, -0.2) is 22.1 Å². The number of carbonyl (C=O) groups excluding carboxylic acids is 2. The summed E-state index contributed by atoms with van der Waals surface area (Å²) in [5, 5.41) is 18.9. The summed E-state index contributed by atoms with van der Waals surface area (Å²) in [5.74, 6) is 0.0331. The standard InChI is InChI=1S/C22H26N2O8/c25-21(30-19-13-9-17(10-14-19)23-32-29)7-5-3-1-2-4-6-8-22(26)31-20-15-11-18(12-16-20)24(27)28/h9-16,23,29H,1-8H2. The molecule has 2 aromatic carbocycles. The zero-order valence-electron chi connectivity index (χ0n) is 17.5. The van der Waals surface area contributed by atoms with Crippen molar-refractivity contribution >= 4 is 23.3 Å². The van der Waals surface area contributed by atoms with Gasteiger partial charge in [-0.15, -0.1) is 4.99 Å². The van der Waals surface area contributed by atoms with Crippen LogP contribution in [0.5, 0.6) is 11.5 Å². The van der Waals surface area contributed by atoms with Gasteiger partial charge in [0, 0.05) is 25.0 Å². The molecule has 0 unspecified atom stereocenters. The maximum Gasteiger partial charge on any atom is 0.311 e. The third kappa shape index (κ3) is 9.54. The molecule has 2 aromatic rings. The average Bonchev–Trinajstić information content (AvgIpc) is 2.77. The van der Waals surface area contributed by atoms with Crippen LogP contribution in [0.4, 0.5) is 11.4 Å². The van der Waals surface area contributed by atoms with Crippen molar-refractivity contribution in [3.63, 3.8) is 0 Å². The average molecular weight is 446 g/mol. The molecule has 0 saturated carbocycles. The van der Waals surface area contributed by atoms with Crippen molar-refractivity contribution in [1.29, 1.82) is 0 Å². The summed E-state index contributed by atoms with van der Waals surface area (Å²) >= 11 is 0. The van der Waals surface area contributed by atoms with Crippen LogP contribution in [-0.2, 0) is 14.6 Å². The van der Waals surface area contributed by atoms with Gasteiger partial charge >= 0.3 is 11.9 Å². The number of benzene rings is 2. The minimum atomic E-state index is -0.512. The van der Waals surface area contributed by atoms with Crippen LogP contribution in [0.25, 0.3) is 0 Å². The number of nitro benzene ring substituents is 1. The van der Waals surface area contributed by atoms with Crippen molar-refractivity contribution in [2.24, 2.45) is 0 Å². The van der Waals surface area contributed by atoms with Crippen LogP contribution >= 0.6 is 0 Å². The number of nitrogens with zero attached hydrogens (tertiary/aromatic N) is 1. The molecular formula is C22H26N2O8. The Labute approximate surface area is 185 Å². The van der Waals surface area contributed by atoms with E-state index < -0.39 is 4.92 Å². The van der Waals surface area contributed by atoms with E-state index in [1.54, 1.807) is 24.3 Å². The van der Waals surface area contributed by atoms with Gasteiger partial charge < -0.3 is 9.47 Å². The van der Waals surface area contributed by atoms with Gasteiger partial charge in [-0.3, -0.25) is 19.7 Å². The normalized spacial score (nSPS) is 10.4. The number of rotatable bonds is 14. The fraction of sp³-hybridized carbons (Fsp3) is 0.364. The van der Waals surface area contributed by atoms with E-state index in [9.17, 15) is 19.7 Å². The highest BCUT2D eigenvalue weighted by Crippen LogP contribution is 2.19. The van der Waals surface area contributed by atoms with Crippen molar-refractivity contribution in [2.75, 3.05) is 5.48 Å². The summed E-state index contributed by atoms with van der Waals surface area (Å²) in [4.78, 5) is 37.5. The fourth-order valence-corrected chi connectivity index (χ4v) is 2.89. The molecule has 172 valence electrons. The molecule has 0 aliphatic heterocycles. The molecule has 0 aliphatic rings. The molecule has 0 amide bonds. The predicted octanol–water partition coefficient (Wildman–Crippen LogP) is 5.04. The number of hydrogen-bond donors (Lipinski definition) is 2. The maximum atomic E-state index is 11.8. The highest BCUT2D eigenvalue weighted by molar-refractivity contribution is 5.72. The zero-order chi connectivity index (χ0) is 23.2. The Kier molecular flexibility index (Phi) is 10.6. The second-order valence-electron chi connectivity index (χ2n) is 7.04. The van der Waals surface area contributed by atoms with E-state index in [1.165, 1.54) is 24.3 Å². The van der Waals surface area contributed by atoms with Gasteiger partial charge in [-0.2, -0.15) is 0 Å². The Bertz CT molecular complexity index is 869. The van der Waals surface area contributed by atoms with Crippen LogP contribution in [0.15, 0.2) is 48.5 Å². The second kappa shape index (κ2) is 13.7. The molecule has 0 aromatic heterocycles. The van der Waals surface area contributed by atoms with Crippen LogP contribution in [0, 0.1) is 10.1 Å². The molecule has 2 rings (SSSR count). The topological polar surface area (TPSA) is 137 Å². The van der Waals surface area contributed by atoms with E-state index in [4.69, 9.17) is 14.7 Å². The van der Waals surface area contributed by atoms with Crippen LogP contribution in [0.1, 0.15) is 51.4 Å². The molecule has 10 heteroatoms. The largest absolute Gasteiger partial charge is 0.427 e. The monoisotopic (exact) mass is 446 g/mol. The third-order valence-corrected chi connectivity index (χ3v) is 4.54. The predicted molar refractivity (Wildman–Crippen MR) is 115 cm³/mol. The second-order valence-corrected chi connectivity index (χ2v) is 7.04. The summed E-state index contributed by atoms with van der Waals surface area (Å²) in [5.41, 5.74) is 2.71. The first-order valence-electron chi connectivity index (χ1n) is 10.3. The minimum absolute atomic E-state index is 0.0564. The molecule has 0 spiro atoms. The zero-order valence-corrected chi connectivity index (χ0v) is 17.5. The maximum absolute atomic E-state index is 11.8. The highest BCUT2D eigenvalue weighted by atomic mass is 17.2. The number of non-ortho nitro benzene ring substituents is 1. The van der Waals surface area contributed by atoms with Crippen molar-refractivity contribution in [1.82, 2.24) is 0 Å². The molecule has 0 atom stereocenters. The van der Waals surface area contributed by atoms with Crippen LogP contribution in [0.3, 0.4) is 0 Å². The molecule has 2 N–H and O–H groups in total. The van der Waals surface area contributed by atoms with Gasteiger partial charge in [0.2, 0.25) is 0 Å². The summed E-state index contributed by atoms with van der Waals surface area (Å²) in [6, 6.07) is 11.8.